The van der Waals surface area contributed by atoms with Crippen molar-refractivity contribution in [1.29, 1.82) is 0 Å². The summed E-state index contributed by atoms with van der Waals surface area (Å²) in [5, 5.41) is 17.0. The maximum Gasteiger partial charge on any atom is 0.319 e. The maximum absolute atomic E-state index is 16.9. The second-order valence-corrected chi connectivity index (χ2v) is 12.6. The van der Waals surface area contributed by atoms with Crippen molar-refractivity contribution in [2.24, 2.45) is 0 Å². The van der Waals surface area contributed by atoms with Crippen LogP contribution in [0.25, 0.3) is 32.8 Å². The molecule has 0 radical (unpaired) electrons. The lowest BCUT2D eigenvalue weighted by Gasteiger charge is -2.34. The van der Waals surface area contributed by atoms with Gasteiger partial charge < -0.3 is 25.0 Å². The molecule has 3 fully saturated rings. The van der Waals surface area contributed by atoms with Crippen molar-refractivity contribution < 1.29 is 14.2 Å². The number of benzene rings is 3. The summed E-state index contributed by atoms with van der Waals surface area (Å²) in [6.07, 6.45) is 6.35. The van der Waals surface area contributed by atoms with Gasteiger partial charge in [-0.15, -0.1) is 0 Å². The first kappa shape index (κ1) is 25.5. The quantitative estimate of drug-likeness (QED) is 0.328. The number of likely N-dealkylation sites (tertiary alicyclic amines) is 1. The minimum atomic E-state index is -0.513. The average Bonchev–Trinajstić information content (AvgIpc) is 3.50. The van der Waals surface area contributed by atoms with Crippen molar-refractivity contribution in [3.8, 4) is 22.9 Å². The first-order valence-electron chi connectivity index (χ1n) is 14.7. The summed E-state index contributed by atoms with van der Waals surface area (Å²) >= 11 is 6.94. The van der Waals surface area contributed by atoms with Crippen LogP contribution in [0, 0.1) is 5.82 Å². The Hall–Kier alpha value is -3.20. The van der Waals surface area contributed by atoms with Crippen molar-refractivity contribution in [3.05, 3.63) is 52.3 Å². The third-order valence-corrected chi connectivity index (χ3v) is 9.95. The summed E-state index contributed by atoms with van der Waals surface area (Å²) in [5.41, 5.74) is 3.49. The van der Waals surface area contributed by atoms with E-state index in [-0.39, 0.29) is 33.9 Å². The van der Waals surface area contributed by atoms with Gasteiger partial charge in [-0.2, -0.15) is 9.97 Å². The number of fused-ring (bicyclic) bond motifs is 6. The molecule has 8 rings (SSSR count). The normalized spacial score (nSPS) is 23.8. The lowest BCUT2D eigenvalue weighted by molar-refractivity contribution is 0.188. The van der Waals surface area contributed by atoms with E-state index < -0.39 is 5.82 Å². The van der Waals surface area contributed by atoms with E-state index in [0.717, 1.165) is 68.9 Å². The Morgan fingerprint density at radius 3 is 2.66 bits per heavy atom. The summed E-state index contributed by atoms with van der Waals surface area (Å²) in [6.45, 7) is 3.08. The van der Waals surface area contributed by atoms with Crippen molar-refractivity contribution in [1.82, 2.24) is 20.2 Å². The van der Waals surface area contributed by atoms with Gasteiger partial charge in [0.15, 0.2) is 5.82 Å². The van der Waals surface area contributed by atoms with Crippen LogP contribution in [0.4, 0.5) is 10.2 Å². The molecule has 0 spiro atoms. The predicted octanol–water partition coefficient (Wildman–Crippen LogP) is 5.46. The van der Waals surface area contributed by atoms with Gasteiger partial charge in [-0.3, -0.25) is 0 Å². The predicted molar refractivity (Wildman–Crippen MR) is 160 cm³/mol. The minimum Gasteiger partial charge on any atom is -0.508 e. The number of hydrogen-bond donors (Lipinski definition) is 2. The van der Waals surface area contributed by atoms with Gasteiger partial charge in [0.25, 0.3) is 0 Å². The SMILES string of the molecule is CN1CCC[C@H]1COc1nc(N2CC3CCC(C2)N3)c2cc(Cl)c(-c3cc(O)cc4ccc5c(c34)CC5)c(F)c2n1. The van der Waals surface area contributed by atoms with Gasteiger partial charge in [0, 0.05) is 42.2 Å². The fraction of sp³-hybridized carbons (Fsp3) is 0.438. The number of nitrogens with one attached hydrogen (secondary N) is 1. The Bertz CT molecular complexity index is 1700. The Labute approximate surface area is 243 Å². The highest BCUT2D eigenvalue weighted by atomic mass is 35.5. The van der Waals surface area contributed by atoms with Crippen LogP contribution in [0.2, 0.25) is 5.02 Å². The van der Waals surface area contributed by atoms with E-state index in [1.807, 2.05) is 6.07 Å². The van der Waals surface area contributed by atoms with Crippen LogP contribution in [-0.2, 0) is 12.8 Å². The summed E-state index contributed by atoms with van der Waals surface area (Å²) < 4.78 is 23.1. The van der Waals surface area contributed by atoms with Crippen molar-refractivity contribution >= 4 is 39.1 Å². The molecule has 4 aromatic rings. The summed E-state index contributed by atoms with van der Waals surface area (Å²) in [6, 6.07) is 10.5. The molecule has 1 aromatic heterocycles. The molecular formula is C32H33ClFN5O2. The van der Waals surface area contributed by atoms with Crippen LogP contribution >= 0.6 is 11.6 Å². The number of aromatic nitrogens is 2. The molecule has 41 heavy (non-hydrogen) atoms. The highest BCUT2D eigenvalue weighted by Gasteiger charge is 2.35. The average molecular weight is 574 g/mol. The van der Waals surface area contributed by atoms with E-state index in [2.05, 4.69) is 33.2 Å². The number of phenolic OH excluding ortho intramolecular Hbond substituents is 1. The molecular weight excluding hydrogens is 541 g/mol. The van der Waals surface area contributed by atoms with Gasteiger partial charge in [-0.1, -0.05) is 23.7 Å². The molecule has 4 heterocycles. The fourth-order valence-electron chi connectivity index (χ4n) is 7.41. The summed E-state index contributed by atoms with van der Waals surface area (Å²) in [7, 11) is 2.10. The monoisotopic (exact) mass is 573 g/mol. The molecule has 2 N–H and O–H groups in total. The zero-order valence-electron chi connectivity index (χ0n) is 23.1. The number of hydrogen-bond acceptors (Lipinski definition) is 7. The fourth-order valence-corrected chi connectivity index (χ4v) is 7.71. The van der Waals surface area contributed by atoms with Crippen LogP contribution in [0.15, 0.2) is 30.3 Å². The van der Waals surface area contributed by atoms with E-state index in [1.165, 1.54) is 11.1 Å². The van der Waals surface area contributed by atoms with Crippen LogP contribution in [-0.4, -0.2) is 71.4 Å². The number of ether oxygens (including phenoxy) is 1. The Morgan fingerprint density at radius 2 is 1.93 bits per heavy atom. The van der Waals surface area contributed by atoms with E-state index in [1.54, 1.807) is 18.2 Å². The van der Waals surface area contributed by atoms with Crippen molar-refractivity contribution in [3.63, 3.8) is 0 Å². The van der Waals surface area contributed by atoms with Gasteiger partial charge in [0.05, 0.1) is 5.02 Å². The highest BCUT2D eigenvalue weighted by molar-refractivity contribution is 6.35. The van der Waals surface area contributed by atoms with E-state index in [9.17, 15) is 5.11 Å². The molecule has 3 aliphatic heterocycles. The van der Waals surface area contributed by atoms with Crippen LogP contribution in [0.3, 0.4) is 0 Å². The lowest BCUT2D eigenvalue weighted by atomic mass is 9.81. The number of aryl methyl sites for hydroxylation is 2. The number of rotatable bonds is 5. The molecule has 3 saturated heterocycles. The number of phenols is 1. The molecule has 3 aromatic carbocycles. The van der Waals surface area contributed by atoms with Crippen molar-refractivity contribution in [2.75, 3.05) is 38.2 Å². The van der Waals surface area contributed by atoms with Gasteiger partial charge >= 0.3 is 6.01 Å². The van der Waals surface area contributed by atoms with Crippen LogP contribution in [0.1, 0.15) is 36.8 Å². The lowest BCUT2D eigenvalue weighted by Crippen LogP contribution is -2.51. The van der Waals surface area contributed by atoms with Crippen LogP contribution < -0.4 is 15.0 Å². The van der Waals surface area contributed by atoms with Gasteiger partial charge in [0.1, 0.15) is 23.7 Å². The number of halogens is 2. The molecule has 1 aliphatic carbocycles. The molecule has 7 nitrogen and oxygen atoms in total. The van der Waals surface area contributed by atoms with Crippen molar-refractivity contribution in [2.45, 2.75) is 56.7 Å². The third kappa shape index (κ3) is 4.22. The smallest absolute Gasteiger partial charge is 0.319 e. The zero-order chi connectivity index (χ0) is 27.8. The van der Waals surface area contributed by atoms with E-state index in [4.69, 9.17) is 21.3 Å². The summed E-state index contributed by atoms with van der Waals surface area (Å²) in [4.78, 5) is 14.1. The molecule has 2 bridgehead atoms. The van der Waals surface area contributed by atoms with Gasteiger partial charge in [-0.05, 0) is 97.8 Å². The Morgan fingerprint density at radius 1 is 1.10 bits per heavy atom. The maximum atomic E-state index is 16.9. The standard InChI is InChI=1S/C32H33ClFN5O2/c1-38-10-2-3-21(38)16-41-32-36-30-25(31(37-32)39-14-19-7-8-20(15-39)35-19)13-26(33)28(29(30)34)24-12-22(40)11-18-5-4-17-6-9-23(17)27(18)24/h4-5,11-13,19-21,35,40H,2-3,6-10,14-16H2,1H3/t19?,20?,21-/m0/s1. The molecule has 9 heteroatoms. The number of anilines is 1. The molecule has 212 valence electrons. The largest absolute Gasteiger partial charge is 0.508 e. The topological polar surface area (TPSA) is 73.8 Å². The number of aromatic hydroxyl groups is 1. The van der Waals surface area contributed by atoms with Gasteiger partial charge in [0.2, 0.25) is 0 Å². The molecule has 4 aliphatic rings. The minimum absolute atomic E-state index is 0.0757. The van der Waals surface area contributed by atoms with E-state index in [0.29, 0.717) is 35.5 Å². The zero-order valence-corrected chi connectivity index (χ0v) is 23.8. The molecule has 0 saturated carbocycles. The number of piperazine rings is 1. The Kier molecular flexibility index (Phi) is 6.02. The second kappa shape index (κ2) is 9.68. The highest BCUT2D eigenvalue weighted by Crippen LogP contribution is 2.45. The number of nitrogens with zero attached hydrogens (tertiary/aromatic N) is 4. The first-order valence-corrected chi connectivity index (χ1v) is 15.1. The molecule has 2 unspecified atom stereocenters. The second-order valence-electron chi connectivity index (χ2n) is 12.2. The van der Waals surface area contributed by atoms with Gasteiger partial charge in [-0.25, -0.2) is 4.39 Å². The third-order valence-electron chi connectivity index (χ3n) is 9.66. The molecule has 3 atom stereocenters. The molecule has 0 amide bonds. The van der Waals surface area contributed by atoms with E-state index >= 15 is 4.39 Å². The van der Waals surface area contributed by atoms with Crippen LogP contribution in [0.5, 0.6) is 11.8 Å². The summed E-state index contributed by atoms with van der Waals surface area (Å²) in [5.74, 6) is 0.230. The Balaban J connectivity index is 1.30. The first-order chi connectivity index (χ1) is 19.9. The number of likely N-dealkylation sites (N-methyl/N-ethyl adjacent to an activating group) is 1.